The van der Waals surface area contributed by atoms with Crippen molar-refractivity contribution in [1.82, 2.24) is 14.5 Å². The number of ether oxygens (including phenoxy) is 2. The molecule has 0 aliphatic heterocycles. The smallest absolute Gasteiger partial charge is 0.387 e. The monoisotopic (exact) mass is 556 g/mol. The number of pyridine rings is 1. The average molecular weight is 557 g/mol. The predicted octanol–water partition coefficient (Wildman–Crippen LogP) is 6.32. The van der Waals surface area contributed by atoms with Gasteiger partial charge < -0.3 is 14.8 Å². The van der Waals surface area contributed by atoms with Gasteiger partial charge in [0.25, 0.3) is 5.56 Å². The molecule has 1 aliphatic carbocycles. The summed E-state index contributed by atoms with van der Waals surface area (Å²) >= 11 is 0. The zero-order valence-electron chi connectivity index (χ0n) is 22.1. The zero-order chi connectivity index (χ0) is 27.6. The van der Waals surface area contributed by atoms with Gasteiger partial charge in [0.2, 0.25) is 5.95 Å². The Hall–Kier alpha value is -3.50. The molecule has 2 unspecified atom stereocenters. The number of hydrogen-bond donors (Lipinski definition) is 1. The van der Waals surface area contributed by atoms with Gasteiger partial charge in [0.15, 0.2) is 0 Å². The molecule has 2 aromatic carbocycles. The molecule has 5 rings (SSSR count). The maximum Gasteiger partial charge on any atom is 0.387 e. The van der Waals surface area contributed by atoms with Crippen LogP contribution in [0.5, 0.6) is 5.75 Å². The maximum atomic E-state index is 12.5. The van der Waals surface area contributed by atoms with E-state index in [9.17, 15) is 13.6 Å². The molecule has 2 aromatic heterocycles. The first-order valence-electron chi connectivity index (χ1n) is 12.7. The molecule has 1 aliphatic rings. The van der Waals surface area contributed by atoms with Gasteiger partial charge in [0, 0.05) is 31.3 Å². The molecule has 208 valence electrons. The molecule has 0 radical (unpaired) electrons. The van der Waals surface area contributed by atoms with E-state index in [2.05, 4.69) is 50.9 Å². The van der Waals surface area contributed by atoms with Crippen molar-refractivity contribution in [1.29, 1.82) is 0 Å². The molecule has 7 nitrogen and oxygen atoms in total. The van der Waals surface area contributed by atoms with Crippen LogP contribution in [0, 0.1) is 0 Å². The molecule has 1 saturated carbocycles. The Morgan fingerprint density at radius 1 is 1.03 bits per heavy atom. The second-order valence-corrected chi connectivity index (χ2v) is 15.2. The number of rotatable bonds is 11. The van der Waals surface area contributed by atoms with Crippen LogP contribution in [0.2, 0.25) is 0 Å². The highest BCUT2D eigenvalue weighted by atomic mass is 32.3. The van der Waals surface area contributed by atoms with Crippen molar-refractivity contribution in [3.05, 3.63) is 88.5 Å². The van der Waals surface area contributed by atoms with Crippen molar-refractivity contribution in [2.45, 2.75) is 31.6 Å². The van der Waals surface area contributed by atoms with E-state index < -0.39 is 16.6 Å². The number of nitrogens with one attached hydrogen (secondary N) is 1. The first-order chi connectivity index (χ1) is 18.7. The molecule has 2 heterocycles. The Morgan fingerprint density at radius 2 is 1.74 bits per heavy atom. The fraction of sp³-hybridized carbons (Fsp3) is 0.345. The summed E-state index contributed by atoms with van der Waals surface area (Å²) in [6.45, 7) is -1.96. The molecule has 10 heteroatoms. The maximum absolute atomic E-state index is 12.5. The van der Waals surface area contributed by atoms with Crippen molar-refractivity contribution in [3.8, 4) is 5.75 Å². The number of aromatic nitrogens is 3. The number of fused-ring (bicyclic) bond motifs is 1. The van der Waals surface area contributed by atoms with E-state index in [1.807, 2.05) is 24.5 Å². The molecule has 0 spiro atoms. The van der Waals surface area contributed by atoms with E-state index in [0.29, 0.717) is 30.1 Å². The van der Waals surface area contributed by atoms with Gasteiger partial charge in [-0.05, 0) is 96.0 Å². The number of benzene rings is 2. The highest BCUT2D eigenvalue weighted by Gasteiger charge is 2.40. The summed E-state index contributed by atoms with van der Waals surface area (Å²) in [4.78, 5) is 21.4. The largest absolute Gasteiger partial charge is 0.435 e. The van der Waals surface area contributed by atoms with Crippen LogP contribution in [-0.2, 0) is 11.5 Å². The molecule has 0 amide bonds. The summed E-state index contributed by atoms with van der Waals surface area (Å²) in [5.74, 6) is 2.22. The molecule has 0 bridgehead atoms. The van der Waals surface area contributed by atoms with E-state index in [1.54, 1.807) is 22.8 Å². The van der Waals surface area contributed by atoms with Gasteiger partial charge in [-0.15, -0.1) is 0 Å². The Labute approximate surface area is 229 Å². The van der Waals surface area contributed by atoms with E-state index in [1.165, 1.54) is 17.7 Å². The molecule has 1 N–H and O–H groups in total. The van der Waals surface area contributed by atoms with Gasteiger partial charge in [0.05, 0.1) is 12.1 Å². The highest BCUT2D eigenvalue weighted by Crippen LogP contribution is 2.54. The summed E-state index contributed by atoms with van der Waals surface area (Å²) in [5.41, 5.74) is 3.77. The van der Waals surface area contributed by atoms with Crippen molar-refractivity contribution >= 4 is 32.6 Å². The van der Waals surface area contributed by atoms with Crippen molar-refractivity contribution in [2.24, 2.45) is 0 Å². The van der Waals surface area contributed by atoms with Crippen LogP contribution in [0.1, 0.15) is 30.8 Å². The van der Waals surface area contributed by atoms with Crippen LogP contribution in [0.25, 0.3) is 10.9 Å². The van der Waals surface area contributed by atoms with Crippen LogP contribution >= 0.6 is 10.0 Å². The lowest BCUT2D eigenvalue weighted by atomic mass is 10.0. The van der Waals surface area contributed by atoms with Gasteiger partial charge in [-0.1, -0.05) is 6.07 Å². The first kappa shape index (κ1) is 27.1. The van der Waals surface area contributed by atoms with Crippen molar-refractivity contribution in [3.63, 3.8) is 0 Å². The highest BCUT2D eigenvalue weighted by molar-refractivity contribution is 8.32. The third-order valence-corrected chi connectivity index (χ3v) is 8.12. The lowest BCUT2D eigenvalue weighted by Crippen LogP contribution is -2.22. The Morgan fingerprint density at radius 3 is 2.44 bits per heavy atom. The number of halogens is 2. The average Bonchev–Trinajstić information content (AvgIpc) is 3.69. The Bertz CT molecular complexity index is 1490. The van der Waals surface area contributed by atoms with Gasteiger partial charge in [-0.2, -0.15) is 8.78 Å². The van der Waals surface area contributed by atoms with Gasteiger partial charge in [-0.25, -0.2) is 20.0 Å². The van der Waals surface area contributed by atoms with Crippen LogP contribution in [-0.4, -0.2) is 52.3 Å². The minimum absolute atomic E-state index is 0. The normalized spacial score (nSPS) is 17.4. The fourth-order valence-electron chi connectivity index (χ4n) is 4.53. The summed E-state index contributed by atoms with van der Waals surface area (Å²) in [6.07, 6.45) is 11.4. The summed E-state index contributed by atoms with van der Waals surface area (Å²) < 4.78 is 36.5. The van der Waals surface area contributed by atoms with Gasteiger partial charge in [0.1, 0.15) is 12.5 Å². The molecule has 0 saturated heterocycles. The minimum Gasteiger partial charge on any atom is -0.435 e. The van der Waals surface area contributed by atoms with Gasteiger partial charge in [-0.3, -0.25) is 9.36 Å². The fourth-order valence-corrected chi connectivity index (χ4v) is 5.14. The van der Waals surface area contributed by atoms with Crippen LogP contribution < -0.4 is 15.6 Å². The standard InChI is InChI=1S/C29H32F2N4O3S.H2/c1-39(2,3)13-12-37-18-35-26-10-4-19(14-20(26)5-11-27(35)36)24-15-25(24)21-16-32-29(33-17-21)34-22-6-8-23(9-7-22)38-28(30)31;/h4-11,14,16-17,24-25,28H,12-13,15,18H2,1-3H3,(H,32,33,34);1H. The summed E-state index contributed by atoms with van der Waals surface area (Å²) in [7, 11) is -0.639. The van der Waals surface area contributed by atoms with E-state index in [4.69, 9.17) is 4.74 Å². The number of anilines is 2. The molecule has 4 aromatic rings. The summed E-state index contributed by atoms with van der Waals surface area (Å²) in [5, 5.41) is 4.08. The lowest BCUT2D eigenvalue weighted by Gasteiger charge is -2.24. The third kappa shape index (κ3) is 6.93. The quantitative estimate of drug-likeness (QED) is 0.218. The van der Waals surface area contributed by atoms with Gasteiger partial charge >= 0.3 is 6.61 Å². The van der Waals surface area contributed by atoms with Crippen LogP contribution in [0.15, 0.2) is 71.8 Å². The Kier molecular flexibility index (Phi) is 7.86. The zero-order valence-corrected chi connectivity index (χ0v) is 23.0. The van der Waals surface area contributed by atoms with E-state index >= 15 is 0 Å². The molecular formula is C29H34F2N4O3S. The number of nitrogens with zero attached hydrogens (tertiary/aromatic N) is 3. The number of alkyl halides is 2. The molecular weight excluding hydrogens is 522 g/mol. The van der Waals surface area contributed by atoms with Crippen LogP contribution in [0.3, 0.4) is 0 Å². The van der Waals surface area contributed by atoms with E-state index in [-0.39, 0.29) is 19.5 Å². The lowest BCUT2D eigenvalue weighted by molar-refractivity contribution is -0.0498. The SMILES string of the molecule is CS(C)(C)CCOCn1c(=O)ccc2cc(C3CC3c3cnc(Nc4ccc(OC(F)F)cc4)nc3)ccc21.[HH]. The second-order valence-electron chi connectivity index (χ2n) is 10.6. The summed E-state index contributed by atoms with van der Waals surface area (Å²) in [6, 6.07) is 15.9. The van der Waals surface area contributed by atoms with Crippen molar-refractivity contribution < 1.29 is 19.7 Å². The van der Waals surface area contributed by atoms with Crippen molar-refractivity contribution in [2.75, 3.05) is 36.4 Å². The second kappa shape index (κ2) is 11.3. The van der Waals surface area contributed by atoms with E-state index in [0.717, 1.165) is 28.6 Å². The number of hydrogen-bond acceptors (Lipinski definition) is 6. The topological polar surface area (TPSA) is 78.3 Å². The third-order valence-electron chi connectivity index (χ3n) is 6.73. The molecule has 2 atom stereocenters. The Balaban J connectivity index is 0.00000370. The predicted molar refractivity (Wildman–Crippen MR) is 155 cm³/mol. The molecule has 1 fully saturated rings. The minimum atomic E-state index is -2.86. The van der Waals surface area contributed by atoms with Crippen LogP contribution in [0.4, 0.5) is 20.4 Å². The molecule has 39 heavy (non-hydrogen) atoms. The first-order valence-corrected chi connectivity index (χ1v) is 15.7.